The largest absolute Gasteiger partial charge is 0.377 e. The summed E-state index contributed by atoms with van der Waals surface area (Å²) in [5.41, 5.74) is 2.86. The third-order valence-electron chi connectivity index (χ3n) is 4.81. The number of amides is 1. The van der Waals surface area contributed by atoms with Crippen LogP contribution in [0, 0.1) is 6.92 Å². The van der Waals surface area contributed by atoms with E-state index < -0.39 is 0 Å². The predicted molar refractivity (Wildman–Crippen MR) is 124 cm³/mol. The van der Waals surface area contributed by atoms with E-state index in [-0.39, 0.29) is 12.5 Å². The Morgan fingerprint density at radius 1 is 1.09 bits per heavy atom. The van der Waals surface area contributed by atoms with Gasteiger partial charge in [-0.1, -0.05) is 35.9 Å². The van der Waals surface area contributed by atoms with Gasteiger partial charge in [0.2, 0.25) is 0 Å². The molecule has 0 radical (unpaired) electrons. The van der Waals surface area contributed by atoms with Gasteiger partial charge in [0.1, 0.15) is 12.4 Å². The fraction of sp³-hybridized carbons (Fsp3) is 0.217. The summed E-state index contributed by atoms with van der Waals surface area (Å²) in [6.45, 7) is 3.08. The molecule has 0 bridgehead atoms. The van der Waals surface area contributed by atoms with E-state index >= 15 is 0 Å². The van der Waals surface area contributed by atoms with Gasteiger partial charge in [-0.25, -0.2) is 14.6 Å². The highest BCUT2D eigenvalue weighted by molar-refractivity contribution is 6.30. The van der Waals surface area contributed by atoms with Crippen molar-refractivity contribution in [1.29, 1.82) is 0 Å². The zero-order chi connectivity index (χ0) is 22.5. The second kappa shape index (κ2) is 9.76. The highest BCUT2D eigenvalue weighted by Gasteiger charge is 2.18. The van der Waals surface area contributed by atoms with Crippen molar-refractivity contribution in [3.63, 3.8) is 0 Å². The van der Waals surface area contributed by atoms with E-state index in [1.165, 1.54) is 0 Å². The molecule has 9 heteroatoms. The minimum absolute atomic E-state index is 0.120. The minimum Gasteiger partial charge on any atom is -0.377 e. The van der Waals surface area contributed by atoms with E-state index in [0.717, 1.165) is 16.8 Å². The van der Waals surface area contributed by atoms with Crippen LogP contribution >= 0.6 is 11.6 Å². The maximum Gasteiger partial charge on any atom is 0.251 e. The van der Waals surface area contributed by atoms with Crippen LogP contribution in [0.1, 0.15) is 21.9 Å². The summed E-state index contributed by atoms with van der Waals surface area (Å²) in [4.78, 5) is 21.5. The number of aromatic nitrogens is 4. The molecular weight excluding hydrogens is 428 g/mol. The summed E-state index contributed by atoms with van der Waals surface area (Å²) in [7, 11) is 1.60. The van der Waals surface area contributed by atoms with Gasteiger partial charge in [0.15, 0.2) is 11.5 Å². The van der Waals surface area contributed by atoms with Crippen LogP contribution in [0.5, 0.6) is 0 Å². The fourth-order valence-electron chi connectivity index (χ4n) is 3.39. The van der Waals surface area contributed by atoms with Crippen molar-refractivity contribution < 1.29 is 9.53 Å². The molecule has 0 spiro atoms. The van der Waals surface area contributed by atoms with Crippen LogP contribution in [0.15, 0.2) is 54.6 Å². The molecule has 0 fully saturated rings. The predicted octanol–water partition coefficient (Wildman–Crippen LogP) is 3.77. The average Bonchev–Trinajstić information content (AvgIpc) is 3.14. The molecule has 0 atom stereocenters. The molecule has 164 valence electrons. The van der Waals surface area contributed by atoms with Gasteiger partial charge in [-0.2, -0.15) is 5.10 Å². The molecule has 1 amide bonds. The second-order valence-corrected chi connectivity index (χ2v) is 7.58. The van der Waals surface area contributed by atoms with Crippen molar-refractivity contribution in [3.05, 3.63) is 76.7 Å². The third-order valence-corrected chi connectivity index (χ3v) is 5.05. The summed E-state index contributed by atoms with van der Waals surface area (Å²) in [5.74, 6) is 1.05. The number of anilines is 1. The number of carbonyl (C=O) groups excluding carboxylic acids is 1. The molecule has 4 rings (SSSR count). The Bertz CT molecular complexity index is 1240. The Morgan fingerprint density at radius 3 is 2.66 bits per heavy atom. The number of ether oxygens (including phenoxy) is 1. The molecule has 0 saturated heterocycles. The maximum absolute atomic E-state index is 12.2. The Labute approximate surface area is 190 Å². The Kier molecular flexibility index (Phi) is 6.63. The van der Waals surface area contributed by atoms with Gasteiger partial charge in [0.05, 0.1) is 16.8 Å². The van der Waals surface area contributed by atoms with Crippen LogP contribution < -0.4 is 10.6 Å². The molecule has 0 unspecified atom stereocenters. The molecule has 32 heavy (non-hydrogen) atoms. The number of aryl methyl sites for hydroxylation is 1. The lowest BCUT2D eigenvalue weighted by Gasteiger charge is -2.11. The van der Waals surface area contributed by atoms with E-state index in [1.54, 1.807) is 23.9 Å². The lowest BCUT2D eigenvalue weighted by atomic mass is 10.2. The number of benzene rings is 2. The van der Waals surface area contributed by atoms with Crippen LogP contribution in [0.3, 0.4) is 0 Å². The van der Waals surface area contributed by atoms with E-state index in [1.807, 2.05) is 49.4 Å². The first kappa shape index (κ1) is 21.7. The number of fused-ring (bicyclic) bond motifs is 1. The van der Waals surface area contributed by atoms with Gasteiger partial charge in [-0.05, 0) is 37.3 Å². The monoisotopic (exact) mass is 450 g/mol. The van der Waals surface area contributed by atoms with Crippen LogP contribution in [0.4, 0.5) is 5.82 Å². The molecule has 2 aromatic heterocycles. The summed E-state index contributed by atoms with van der Waals surface area (Å²) in [6.07, 6.45) is 0. The molecule has 0 saturated carbocycles. The third kappa shape index (κ3) is 4.71. The maximum atomic E-state index is 12.2. The van der Waals surface area contributed by atoms with Crippen molar-refractivity contribution in [3.8, 4) is 5.69 Å². The molecule has 0 aliphatic carbocycles. The van der Waals surface area contributed by atoms with Gasteiger partial charge in [0.25, 0.3) is 5.91 Å². The minimum atomic E-state index is -0.120. The molecule has 2 heterocycles. The van der Waals surface area contributed by atoms with Crippen LogP contribution in [-0.2, 0) is 11.3 Å². The lowest BCUT2D eigenvalue weighted by molar-refractivity contribution is 0.0955. The molecule has 0 aliphatic heterocycles. The summed E-state index contributed by atoms with van der Waals surface area (Å²) >= 11 is 6.18. The molecule has 2 N–H and O–H groups in total. The smallest absolute Gasteiger partial charge is 0.251 e. The number of hydrogen-bond acceptors (Lipinski definition) is 6. The van der Waals surface area contributed by atoms with Crippen LogP contribution in [-0.4, -0.2) is 45.9 Å². The quantitative estimate of drug-likeness (QED) is 0.397. The SMILES string of the molecule is COCc1nc(NCCNC(=O)c2ccccc2)c2c(C)nn(-c3cccc(Cl)c3)c2n1. The standard InChI is InChI=1S/C23H23ClN6O2/c1-15-20-21(25-11-12-26-23(31)16-7-4-3-5-8-16)27-19(14-32-2)28-22(20)30(29-15)18-10-6-9-17(24)13-18/h3-10,13H,11-12,14H2,1-2H3,(H,26,31)(H,25,27,28). The van der Waals surface area contributed by atoms with Crippen molar-refractivity contribution in [2.45, 2.75) is 13.5 Å². The van der Waals surface area contributed by atoms with E-state index in [9.17, 15) is 4.79 Å². The first-order chi connectivity index (χ1) is 15.6. The fourth-order valence-corrected chi connectivity index (χ4v) is 3.57. The van der Waals surface area contributed by atoms with Gasteiger partial charge >= 0.3 is 0 Å². The number of nitrogens with one attached hydrogen (secondary N) is 2. The second-order valence-electron chi connectivity index (χ2n) is 7.15. The first-order valence-electron chi connectivity index (χ1n) is 10.1. The van der Waals surface area contributed by atoms with Gasteiger partial charge in [-0.3, -0.25) is 4.79 Å². The van der Waals surface area contributed by atoms with Crippen molar-refractivity contribution in [1.82, 2.24) is 25.1 Å². The Balaban J connectivity index is 1.58. The average molecular weight is 451 g/mol. The molecular formula is C23H23ClN6O2. The van der Waals surface area contributed by atoms with Gasteiger partial charge in [0, 0.05) is 30.8 Å². The van der Waals surface area contributed by atoms with Crippen LogP contribution in [0.2, 0.25) is 5.02 Å². The first-order valence-corrected chi connectivity index (χ1v) is 10.5. The van der Waals surface area contributed by atoms with E-state index in [0.29, 0.717) is 41.0 Å². The number of carbonyl (C=O) groups is 1. The number of rotatable bonds is 8. The summed E-state index contributed by atoms with van der Waals surface area (Å²) in [5, 5.41) is 12.3. The van der Waals surface area contributed by atoms with Crippen molar-refractivity contribution >= 4 is 34.4 Å². The van der Waals surface area contributed by atoms with E-state index in [4.69, 9.17) is 16.3 Å². The number of hydrogen-bond donors (Lipinski definition) is 2. The Hall–Kier alpha value is -3.49. The zero-order valence-electron chi connectivity index (χ0n) is 17.8. The van der Waals surface area contributed by atoms with Gasteiger partial charge in [-0.15, -0.1) is 0 Å². The highest BCUT2D eigenvalue weighted by Crippen LogP contribution is 2.27. The molecule has 4 aromatic rings. The topological polar surface area (TPSA) is 94.0 Å². The highest BCUT2D eigenvalue weighted by atomic mass is 35.5. The van der Waals surface area contributed by atoms with Gasteiger partial charge < -0.3 is 15.4 Å². The molecule has 2 aromatic carbocycles. The number of methoxy groups -OCH3 is 1. The zero-order valence-corrected chi connectivity index (χ0v) is 18.6. The van der Waals surface area contributed by atoms with Crippen molar-refractivity contribution in [2.24, 2.45) is 0 Å². The molecule has 8 nitrogen and oxygen atoms in total. The normalized spacial score (nSPS) is 11.0. The summed E-state index contributed by atoms with van der Waals surface area (Å²) < 4.78 is 7.00. The van der Waals surface area contributed by atoms with Crippen LogP contribution in [0.25, 0.3) is 16.7 Å². The number of halogens is 1. The summed E-state index contributed by atoms with van der Waals surface area (Å²) in [6, 6.07) is 16.5. The Morgan fingerprint density at radius 2 is 1.91 bits per heavy atom. The van der Waals surface area contributed by atoms with Crippen molar-refractivity contribution in [2.75, 3.05) is 25.5 Å². The number of nitrogens with zero attached hydrogens (tertiary/aromatic N) is 4. The lowest BCUT2D eigenvalue weighted by Crippen LogP contribution is -2.29. The van der Waals surface area contributed by atoms with E-state index in [2.05, 4.69) is 25.7 Å². The molecule has 0 aliphatic rings.